The van der Waals surface area contributed by atoms with Crippen molar-refractivity contribution >= 4 is 37.8 Å². The van der Waals surface area contributed by atoms with Crippen LogP contribution >= 0.6 is 31.9 Å². The summed E-state index contributed by atoms with van der Waals surface area (Å²) in [6.45, 7) is 1.97. The summed E-state index contributed by atoms with van der Waals surface area (Å²) in [4.78, 5) is 12.2. The maximum atomic E-state index is 12.2. The van der Waals surface area contributed by atoms with Crippen LogP contribution in [-0.2, 0) is 0 Å². The smallest absolute Gasteiger partial charge is 0.252 e. The minimum atomic E-state index is -0.0807. The normalized spacial score (nSPS) is 11.9. The summed E-state index contributed by atoms with van der Waals surface area (Å²) < 4.78 is 1.83. The fourth-order valence-electron chi connectivity index (χ4n) is 1.75. The Bertz CT molecular complexity index is 581. The molecule has 0 aliphatic rings. The van der Waals surface area contributed by atoms with Gasteiger partial charge in [-0.1, -0.05) is 40.2 Å². The molecule has 0 saturated heterocycles. The number of carbonyl (C=O) groups excluding carboxylic acids is 1. The number of benzene rings is 2. The molecule has 0 spiro atoms. The number of hydrogen-bond donors (Lipinski definition) is 1. The van der Waals surface area contributed by atoms with Crippen LogP contribution in [0.1, 0.15) is 28.9 Å². The molecule has 1 N–H and O–H groups in total. The summed E-state index contributed by atoms with van der Waals surface area (Å²) >= 11 is 6.78. The van der Waals surface area contributed by atoms with Crippen molar-refractivity contribution in [2.75, 3.05) is 0 Å². The molecule has 0 aromatic heterocycles. The molecule has 1 unspecified atom stereocenters. The third kappa shape index (κ3) is 3.67. The Balaban J connectivity index is 2.11. The van der Waals surface area contributed by atoms with Gasteiger partial charge in [0.15, 0.2) is 0 Å². The van der Waals surface area contributed by atoms with Crippen LogP contribution in [0, 0.1) is 0 Å². The number of rotatable bonds is 3. The molecule has 2 rings (SSSR count). The summed E-state index contributed by atoms with van der Waals surface area (Å²) in [7, 11) is 0. The van der Waals surface area contributed by atoms with Crippen LogP contribution in [0.25, 0.3) is 0 Å². The van der Waals surface area contributed by atoms with Gasteiger partial charge in [-0.3, -0.25) is 4.79 Å². The van der Waals surface area contributed by atoms with Crippen LogP contribution in [0.2, 0.25) is 0 Å². The zero-order valence-corrected chi connectivity index (χ0v) is 13.5. The van der Waals surface area contributed by atoms with E-state index in [1.807, 2.05) is 49.4 Å². The van der Waals surface area contributed by atoms with Gasteiger partial charge in [0, 0.05) is 8.95 Å². The highest BCUT2D eigenvalue weighted by Gasteiger charge is 2.13. The first-order valence-corrected chi connectivity index (χ1v) is 7.47. The Kier molecular flexibility index (Phi) is 4.77. The van der Waals surface area contributed by atoms with Crippen LogP contribution in [0.3, 0.4) is 0 Å². The molecule has 0 heterocycles. The van der Waals surface area contributed by atoms with Crippen LogP contribution < -0.4 is 5.32 Å². The van der Waals surface area contributed by atoms with Crippen molar-refractivity contribution in [3.8, 4) is 0 Å². The average molecular weight is 383 g/mol. The first-order chi connectivity index (χ1) is 9.08. The van der Waals surface area contributed by atoms with Crippen molar-refractivity contribution in [1.29, 1.82) is 0 Å². The third-order valence-electron chi connectivity index (χ3n) is 2.84. The second-order valence-corrected chi connectivity index (χ2v) is 6.00. The Labute approximate surface area is 129 Å². The fourth-order valence-corrected chi connectivity index (χ4v) is 2.48. The molecule has 1 atom stereocenters. The van der Waals surface area contributed by atoms with Crippen molar-refractivity contribution in [2.24, 2.45) is 0 Å². The Hall–Kier alpha value is -1.13. The zero-order valence-electron chi connectivity index (χ0n) is 10.4. The molecular formula is C15H13Br2NO. The number of hydrogen-bond acceptors (Lipinski definition) is 1. The van der Waals surface area contributed by atoms with Crippen molar-refractivity contribution in [1.82, 2.24) is 5.32 Å². The first kappa shape index (κ1) is 14.3. The zero-order chi connectivity index (χ0) is 13.8. The van der Waals surface area contributed by atoms with Crippen molar-refractivity contribution in [3.63, 3.8) is 0 Å². The minimum Gasteiger partial charge on any atom is -0.345 e. The SMILES string of the molecule is CC(NC(=O)c1ccccc1Br)c1ccc(Br)cc1. The van der Waals surface area contributed by atoms with E-state index in [4.69, 9.17) is 0 Å². The molecule has 0 saturated carbocycles. The second kappa shape index (κ2) is 6.35. The molecule has 98 valence electrons. The van der Waals surface area contributed by atoms with Gasteiger partial charge < -0.3 is 5.32 Å². The number of halogens is 2. The van der Waals surface area contributed by atoms with Gasteiger partial charge in [0.05, 0.1) is 11.6 Å². The maximum absolute atomic E-state index is 12.2. The van der Waals surface area contributed by atoms with Crippen molar-refractivity contribution in [2.45, 2.75) is 13.0 Å². The summed E-state index contributed by atoms with van der Waals surface area (Å²) in [5.74, 6) is -0.0807. The summed E-state index contributed by atoms with van der Waals surface area (Å²) in [5, 5.41) is 2.99. The van der Waals surface area contributed by atoms with E-state index in [9.17, 15) is 4.79 Å². The maximum Gasteiger partial charge on any atom is 0.252 e. The van der Waals surface area contributed by atoms with E-state index >= 15 is 0 Å². The molecule has 2 nitrogen and oxygen atoms in total. The van der Waals surface area contributed by atoms with Crippen molar-refractivity contribution < 1.29 is 4.79 Å². The topological polar surface area (TPSA) is 29.1 Å². The Morgan fingerprint density at radius 2 is 1.68 bits per heavy atom. The molecule has 0 bridgehead atoms. The highest BCUT2D eigenvalue weighted by atomic mass is 79.9. The number of carbonyl (C=O) groups is 1. The van der Waals surface area contributed by atoms with Gasteiger partial charge in [-0.2, -0.15) is 0 Å². The monoisotopic (exact) mass is 381 g/mol. The molecule has 1 amide bonds. The van der Waals surface area contributed by atoms with Gasteiger partial charge in [-0.05, 0) is 52.7 Å². The Morgan fingerprint density at radius 1 is 1.05 bits per heavy atom. The van der Waals surface area contributed by atoms with E-state index < -0.39 is 0 Å². The van der Waals surface area contributed by atoms with E-state index in [1.165, 1.54) is 0 Å². The lowest BCUT2D eigenvalue weighted by molar-refractivity contribution is 0.0939. The lowest BCUT2D eigenvalue weighted by Crippen LogP contribution is -2.26. The van der Waals surface area contributed by atoms with E-state index in [1.54, 1.807) is 6.07 Å². The molecule has 0 fully saturated rings. The second-order valence-electron chi connectivity index (χ2n) is 4.23. The van der Waals surface area contributed by atoms with E-state index in [-0.39, 0.29) is 11.9 Å². The number of amides is 1. The standard InChI is InChI=1S/C15H13Br2NO/c1-10(11-6-8-12(16)9-7-11)18-15(19)13-4-2-3-5-14(13)17/h2-10H,1H3,(H,18,19). The van der Waals surface area contributed by atoms with Crippen LogP contribution in [-0.4, -0.2) is 5.91 Å². The summed E-state index contributed by atoms with van der Waals surface area (Å²) in [6, 6.07) is 15.3. The molecule has 19 heavy (non-hydrogen) atoms. The molecule has 2 aromatic rings. The van der Waals surface area contributed by atoms with Crippen molar-refractivity contribution in [3.05, 3.63) is 68.6 Å². The molecule has 0 radical (unpaired) electrons. The molecule has 0 aliphatic carbocycles. The Morgan fingerprint density at radius 3 is 2.32 bits per heavy atom. The first-order valence-electron chi connectivity index (χ1n) is 5.89. The third-order valence-corrected chi connectivity index (χ3v) is 4.06. The predicted molar refractivity (Wildman–Crippen MR) is 84.2 cm³/mol. The van der Waals surface area contributed by atoms with Gasteiger partial charge in [-0.25, -0.2) is 0 Å². The average Bonchev–Trinajstić information content (AvgIpc) is 2.39. The summed E-state index contributed by atoms with van der Waals surface area (Å²) in [5.41, 5.74) is 1.72. The molecule has 2 aromatic carbocycles. The highest BCUT2D eigenvalue weighted by Crippen LogP contribution is 2.19. The summed E-state index contributed by atoms with van der Waals surface area (Å²) in [6.07, 6.45) is 0. The highest BCUT2D eigenvalue weighted by molar-refractivity contribution is 9.10. The van der Waals surface area contributed by atoms with E-state index in [0.717, 1.165) is 14.5 Å². The van der Waals surface area contributed by atoms with Gasteiger partial charge in [0.25, 0.3) is 5.91 Å². The number of nitrogens with one attached hydrogen (secondary N) is 1. The van der Waals surface area contributed by atoms with Gasteiger partial charge in [0.2, 0.25) is 0 Å². The van der Waals surface area contributed by atoms with Gasteiger partial charge >= 0.3 is 0 Å². The molecule has 4 heteroatoms. The van der Waals surface area contributed by atoms with Crippen LogP contribution in [0.4, 0.5) is 0 Å². The fraction of sp³-hybridized carbons (Fsp3) is 0.133. The molecule has 0 aliphatic heterocycles. The van der Waals surface area contributed by atoms with Crippen LogP contribution in [0.15, 0.2) is 57.5 Å². The lowest BCUT2D eigenvalue weighted by atomic mass is 10.1. The van der Waals surface area contributed by atoms with E-state index in [2.05, 4.69) is 37.2 Å². The minimum absolute atomic E-state index is 0.0345. The lowest BCUT2D eigenvalue weighted by Gasteiger charge is -2.15. The predicted octanol–water partition coefficient (Wildman–Crippen LogP) is 4.70. The van der Waals surface area contributed by atoms with Gasteiger partial charge in [-0.15, -0.1) is 0 Å². The van der Waals surface area contributed by atoms with Gasteiger partial charge in [0.1, 0.15) is 0 Å². The largest absolute Gasteiger partial charge is 0.345 e. The molecular weight excluding hydrogens is 370 g/mol. The quantitative estimate of drug-likeness (QED) is 0.818. The van der Waals surface area contributed by atoms with E-state index in [0.29, 0.717) is 5.56 Å². The van der Waals surface area contributed by atoms with Crippen LogP contribution in [0.5, 0.6) is 0 Å².